The Morgan fingerprint density at radius 3 is 2.74 bits per heavy atom. The number of rotatable bonds is 3. The lowest BCUT2D eigenvalue weighted by atomic mass is 9.86. The Morgan fingerprint density at radius 2 is 2.11 bits per heavy atom. The highest BCUT2D eigenvalue weighted by Crippen LogP contribution is 2.31. The molecule has 1 fully saturated rings. The Bertz CT molecular complexity index is 445. The van der Waals surface area contributed by atoms with Crippen LogP contribution in [0.2, 0.25) is 0 Å². The average molecular weight is 262 g/mol. The molecule has 2 unspecified atom stereocenters. The van der Waals surface area contributed by atoms with Gasteiger partial charge in [-0.3, -0.25) is 0 Å². The van der Waals surface area contributed by atoms with Crippen molar-refractivity contribution in [2.24, 2.45) is 5.92 Å². The molecule has 1 N–H and O–H groups in total. The summed E-state index contributed by atoms with van der Waals surface area (Å²) in [6.07, 6.45) is 5.11. The summed E-state index contributed by atoms with van der Waals surface area (Å²) < 4.78 is 0. The van der Waals surface area contributed by atoms with E-state index in [9.17, 15) is 5.11 Å². The Morgan fingerprint density at radius 1 is 1.37 bits per heavy atom. The second kappa shape index (κ2) is 5.91. The van der Waals surface area contributed by atoms with Crippen molar-refractivity contribution in [1.82, 2.24) is 4.98 Å². The number of hydrogen-bond acceptors (Lipinski definition) is 3. The van der Waals surface area contributed by atoms with E-state index < -0.39 is 0 Å². The fourth-order valence-corrected chi connectivity index (χ4v) is 3.26. The maximum atomic E-state index is 9.62. The third kappa shape index (κ3) is 3.08. The highest BCUT2D eigenvalue weighted by molar-refractivity contribution is 5.51. The van der Waals surface area contributed by atoms with Crippen LogP contribution in [0.3, 0.4) is 0 Å². The molecule has 0 bridgehead atoms. The summed E-state index contributed by atoms with van der Waals surface area (Å²) in [6.45, 7) is 6.49. The maximum absolute atomic E-state index is 9.62. The van der Waals surface area contributed by atoms with Gasteiger partial charge in [-0.2, -0.15) is 0 Å². The zero-order valence-corrected chi connectivity index (χ0v) is 12.6. The van der Waals surface area contributed by atoms with Gasteiger partial charge in [0.15, 0.2) is 0 Å². The molecule has 0 aromatic carbocycles. The summed E-state index contributed by atoms with van der Waals surface area (Å²) in [5.41, 5.74) is 3.15. The summed E-state index contributed by atoms with van der Waals surface area (Å²) in [5, 5.41) is 9.62. The van der Waals surface area contributed by atoms with Gasteiger partial charge in [0.05, 0.1) is 6.61 Å². The van der Waals surface area contributed by atoms with E-state index in [-0.39, 0.29) is 6.61 Å². The smallest absolute Gasteiger partial charge is 0.134 e. The Labute approximate surface area is 116 Å². The highest BCUT2D eigenvalue weighted by Gasteiger charge is 2.25. The lowest BCUT2D eigenvalue weighted by Crippen LogP contribution is -2.37. The average Bonchev–Trinajstić information content (AvgIpc) is 2.37. The summed E-state index contributed by atoms with van der Waals surface area (Å²) in [6, 6.07) is 2.61. The van der Waals surface area contributed by atoms with Crippen molar-refractivity contribution in [3.63, 3.8) is 0 Å². The lowest BCUT2D eigenvalue weighted by molar-refractivity contribution is 0.279. The SMILES string of the molecule is Cc1cc(C)c(CO)c(N(C)C2CCCC(C)C2)n1. The molecule has 0 saturated heterocycles. The Kier molecular flexibility index (Phi) is 4.46. The molecule has 1 aromatic heterocycles. The molecular formula is C16H26N2O. The van der Waals surface area contributed by atoms with E-state index in [2.05, 4.69) is 30.8 Å². The summed E-state index contributed by atoms with van der Waals surface area (Å²) in [7, 11) is 2.13. The molecule has 2 rings (SSSR count). The number of anilines is 1. The number of nitrogens with zero attached hydrogens (tertiary/aromatic N) is 2. The predicted octanol–water partition coefficient (Wildman–Crippen LogP) is 3.21. The first kappa shape index (κ1) is 14.3. The summed E-state index contributed by atoms with van der Waals surface area (Å²) in [5.74, 6) is 1.77. The van der Waals surface area contributed by atoms with Gasteiger partial charge in [-0.05, 0) is 44.2 Å². The number of aromatic nitrogens is 1. The molecule has 2 atom stereocenters. The molecule has 0 radical (unpaired) electrons. The first-order chi connectivity index (χ1) is 9.02. The van der Waals surface area contributed by atoms with Gasteiger partial charge in [0.1, 0.15) is 5.82 Å². The standard InChI is InChI=1S/C16H26N2O/c1-11-6-5-7-14(8-11)18(4)16-15(10-19)12(2)9-13(3)17-16/h9,11,14,19H,5-8,10H2,1-4H3. The van der Waals surface area contributed by atoms with Crippen molar-refractivity contribution in [3.8, 4) is 0 Å². The van der Waals surface area contributed by atoms with Crippen molar-refractivity contribution in [2.45, 2.75) is 59.1 Å². The van der Waals surface area contributed by atoms with Crippen LogP contribution in [0.5, 0.6) is 0 Å². The fraction of sp³-hybridized carbons (Fsp3) is 0.688. The number of aryl methyl sites for hydroxylation is 2. The minimum atomic E-state index is 0.0705. The molecule has 3 nitrogen and oxygen atoms in total. The van der Waals surface area contributed by atoms with E-state index in [4.69, 9.17) is 0 Å². The van der Waals surface area contributed by atoms with E-state index >= 15 is 0 Å². The maximum Gasteiger partial charge on any atom is 0.134 e. The Hall–Kier alpha value is -1.09. The van der Waals surface area contributed by atoms with Gasteiger partial charge in [-0.15, -0.1) is 0 Å². The van der Waals surface area contributed by atoms with Crippen LogP contribution in [0.1, 0.15) is 49.4 Å². The zero-order chi connectivity index (χ0) is 14.0. The van der Waals surface area contributed by atoms with Crippen molar-refractivity contribution in [2.75, 3.05) is 11.9 Å². The van der Waals surface area contributed by atoms with Crippen molar-refractivity contribution in [3.05, 3.63) is 22.9 Å². The minimum absolute atomic E-state index is 0.0705. The van der Waals surface area contributed by atoms with Crippen molar-refractivity contribution < 1.29 is 5.11 Å². The summed E-state index contributed by atoms with van der Waals surface area (Å²) in [4.78, 5) is 6.96. The van der Waals surface area contributed by atoms with Crippen LogP contribution < -0.4 is 4.90 Å². The van der Waals surface area contributed by atoms with Gasteiger partial charge in [0, 0.05) is 24.3 Å². The molecule has 106 valence electrons. The third-order valence-corrected chi connectivity index (χ3v) is 4.40. The van der Waals surface area contributed by atoms with Crippen molar-refractivity contribution in [1.29, 1.82) is 0 Å². The first-order valence-corrected chi connectivity index (χ1v) is 7.33. The molecule has 1 saturated carbocycles. The van der Waals surface area contributed by atoms with E-state index in [1.54, 1.807) is 0 Å². The number of hydrogen-bond donors (Lipinski definition) is 1. The van der Waals surface area contributed by atoms with Gasteiger partial charge in [-0.25, -0.2) is 4.98 Å². The van der Waals surface area contributed by atoms with E-state index in [0.29, 0.717) is 6.04 Å². The van der Waals surface area contributed by atoms with Crippen LogP contribution in [0, 0.1) is 19.8 Å². The molecule has 0 spiro atoms. The Balaban J connectivity index is 2.29. The molecule has 1 aromatic rings. The zero-order valence-electron chi connectivity index (χ0n) is 12.6. The fourth-order valence-electron chi connectivity index (χ4n) is 3.26. The first-order valence-electron chi connectivity index (χ1n) is 7.33. The minimum Gasteiger partial charge on any atom is -0.392 e. The van der Waals surface area contributed by atoms with Crippen LogP contribution in [0.4, 0.5) is 5.82 Å². The van der Waals surface area contributed by atoms with Gasteiger partial charge in [0.25, 0.3) is 0 Å². The third-order valence-electron chi connectivity index (χ3n) is 4.40. The number of pyridine rings is 1. The molecule has 0 amide bonds. The molecule has 19 heavy (non-hydrogen) atoms. The molecule has 3 heteroatoms. The molecule has 1 aliphatic rings. The predicted molar refractivity (Wildman–Crippen MR) is 79.5 cm³/mol. The molecule has 1 heterocycles. The summed E-state index contributed by atoms with van der Waals surface area (Å²) >= 11 is 0. The molecular weight excluding hydrogens is 236 g/mol. The second-order valence-electron chi connectivity index (χ2n) is 6.08. The van der Waals surface area contributed by atoms with E-state index in [0.717, 1.165) is 28.6 Å². The van der Waals surface area contributed by atoms with Gasteiger partial charge < -0.3 is 10.0 Å². The van der Waals surface area contributed by atoms with Crippen LogP contribution in [-0.4, -0.2) is 23.2 Å². The van der Waals surface area contributed by atoms with Gasteiger partial charge in [0.2, 0.25) is 0 Å². The van der Waals surface area contributed by atoms with Crippen molar-refractivity contribution >= 4 is 5.82 Å². The second-order valence-corrected chi connectivity index (χ2v) is 6.08. The number of aliphatic hydroxyl groups excluding tert-OH is 1. The van der Waals surface area contributed by atoms with E-state index in [1.165, 1.54) is 25.7 Å². The van der Waals surface area contributed by atoms with Crippen LogP contribution in [-0.2, 0) is 6.61 Å². The topological polar surface area (TPSA) is 36.4 Å². The highest BCUT2D eigenvalue weighted by atomic mass is 16.3. The van der Waals surface area contributed by atoms with E-state index in [1.807, 2.05) is 13.0 Å². The van der Waals surface area contributed by atoms with Gasteiger partial charge >= 0.3 is 0 Å². The normalized spacial score (nSPS) is 23.4. The quantitative estimate of drug-likeness (QED) is 0.908. The largest absolute Gasteiger partial charge is 0.392 e. The van der Waals surface area contributed by atoms with Crippen LogP contribution >= 0.6 is 0 Å². The van der Waals surface area contributed by atoms with Crippen LogP contribution in [0.15, 0.2) is 6.07 Å². The number of aliphatic hydroxyl groups is 1. The van der Waals surface area contributed by atoms with Gasteiger partial charge in [-0.1, -0.05) is 19.8 Å². The molecule has 0 aliphatic heterocycles. The monoisotopic (exact) mass is 262 g/mol. The molecule has 1 aliphatic carbocycles. The van der Waals surface area contributed by atoms with Crippen LogP contribution in [0.25, 0.3) is 0 Å². The lowest BCUT2D eigenvalue weighted by Gasteiger charge is -2.36.